The SMILES string of the molecule is COc1ccc(S(=O)(=O)N2CCCCCC2)cc1NC(=O)c1cc(C)cc(C)c1. The molecule has 0 spiro atoms. The quantitative estimate of drug-likeness (QED) is 0.795. The van der Waals surface area contributed by atoms with Gasteiger partial charge in [-0.25, -0.2) is 8.42 Å². The second kappa shape index (κ2) is 8.97. The summed E-state index contributed by atoms with van der Waals surface area (Å²) in [6, 6.07) is 10.2. The van der Waals surface area contributed by atoms with E-state index in [-0.39, 0.29) is 10.8 Å². The molecule has 6 nitrogen and oxygen atoms in total. The summed E-state index contributed by atoms with van der Waals surface area (Å²) in [5, 5.41) is 2.81. The van der Waals surface area contributed by atoms with Crippen molar-refractivity contribution in [1.29, 1.82) is 0 Å². The van der Waals surface area contributed by atoms with Crippen molar-refractivity contribution < 1.29 is 17.9 Å². The predicted molar refractivity (Wildman–Crippen MR) is 114 cm³/mol. The standard InChI is InChI=1S/C22H28N2O4S/c1-16-12-17(2)14-18(13-16)22(25)23-20-15-19(8-9-21(20)28-3)29(26,27)24-10-6-4-5-7-11-24/h8-9,12-15H,4-7,10-11H2,1-3H3,(H,23,25). The monoisotopic (exact) mass is 416 g/mol. The minimum Gasteiger partial charge on any atom is -0.495 e. The number of sulfonamides is 1. The fraction of sp³-hybridized carbons (Fsp3) is 0.409. The van der Waals surface area contributed by atoms with Crippen molar-refractivity contribution in [3.63, 3.8) is 0 Å². The zero-order valence-electron chi connectivity index (χ0n) is 17.2. The Morgan fingerprint density at radius 3 is 2.17 bits per heavy atom. The van der Waals surface area contributed by atoms with Crippen LogP contribution in [0, 0.1) is 13.8 Å². The van der Waals surface area contributed by atoms with Crippen LogP contribution in [0.4, 0.5) is 5.69 Å². The molecule has 0 aliphatic carbocycles. The van der Waals surface area contributed by atoms with Gasteiger partial charge in [-0.3, -0.25) is 4.79 Å². The molecule has 0 radical (unpaired) electrons. The van der Waals surface area contributed by atoms with E-state index >= 15 is 0 Å². The zero-order chi connectivity index (χ0) is 21.0. The summed E-state index contributed by atoms with van der Waals surface area (Å²) in [5.41, 5.74) is 2.83. The van der Waals surface area contributed by atoms with E-state index in [0.717, 1.165) is 36.8 Å². The average molecular weight is 417 g/mol. The fourth-order valence-corrected chi connectivity index (χ4v) is 5.22. The normalized spacial score (nSPS) is 15.6. The molecule has 2 aromatic carbocycles. The Balaban J connectivity index is 1.91. The lowest BCUT2D eigenvalue weighted by molar-refractivity contribution is 0.102. The molecule has 0 saturated carbocycles. The molecule has 156 valence electrons. The molecule has 0 atom stereocenters. The lowest BCUT2D eigenvalue weighted by Gasteiger charge is -2.21. The van der Waals surface area contributed by atoms with E-state index in [1.54, 1.807) is 18.2 Å². The number of rotatable bonds is 5. The molecule has 0 bridgehead atoms. The van der Waals surface area contributed by atoms with Gasteiger partial charge in [0.05, 0.1) is 17.7 Å². The largest absolute Gasteiger partial charge is 0.495 e. The molecule has 2 aromatic rings. The Hall–Kier alpha value is -2.38. The molecule has 29 heavy (non-hydrogen) atoms. The van der Waals surface area contributed by atoms with Gasteiger partial charge in [0, 0.05) is 18.7 Å². The molecule has 1 saturated heterocycles. The van der Waals surface area contributed by atoms with Crippen LogP contribution in [-0.4, -0.2) is 38.8 Å². The van der Waals surface area contributed by atoms with Gasteiger partial charge < -0.3 is 10.1 Å². The Morgan fingerprint density at radius 1 is 0.966 bits per heavy atom. The lowest BCUT2D eigenvalue weighted by Crippen LogP contribution is -2.32. The molecule has 1 heterocycles. The van der Waals surface area contributed by atoms with E-state index in [1.807, 2.05) is 19.9 Å². The molecule has 1 fully saturated rings. The van der Waals surface area contributed by atoms with Gasteiger partial charge in [0.15, 0.2) is 0 Å². The summed E-state index contributed by atoms with van der Waals surface area (Å²) in [6.45, 7) is 4.91. The van der Waals surface area contributed by atoms with Crippen molar-refractivity contribution in [2.75, 3.05) is 25.5 Å². The van der Waals surface area contributed by atoms with Gasteiger partial charge in [0.2, 0.25) is 10.0 Å². The van der Waals surface area contributed by atoms with Gasteiger partial charge >= 0.3 is 0 Å². The van der Waals surface area contributed by atoms with Crippen LogP contribution in [-0.2, 0) is 10.0 Å². The van der Waals surface area contributed by atoms with E-state index in [2.05, 4.69) is 5.32 Å². The summed E-state index contributed by atoms with van der Waals surface area (Å²) in [5.74, 6) is 0.108. The summed E-state index contributed by atoms with van der Waals surface area (Å²) < 4.78 is 33.1. The molecule has 1 amide bonds. The number of benzene rings is 2. The highest BCUT2D eigenvalue weighted by Gasteiger charge is 2.26. The summed E-state index contributed by atoms with van der Waals surface area (Å²) in [6.07, 6.45) is 3.83. The smallest absolute Gasteiger partial charge is 0.255 e. The Labute approximate surface area is 172 Å². The number of nitrogens with one attached hydrogen (secondary N) is 1. The first-order chi connectivity index (χ1) is 13.8. The van der Waals surface area contributed by atoms with Gasteiger partial charge in [-0.15, -0.1) is 0 Å². The summed E-state index contributed by atoms with van der Waals surface area (Å²) >= 11 is 0. The van der Waals surface area contributed by atoms with Crippen LogP contribution in [0.3, 0.4) is 0 Å². The number of anilines is 1. The van der Waals surface area contributed by atoms with Crippen LogP contribution in [0.1, 0.15) is 47.2 Å². The van der Waals surface area contributed by atoms with Crippen LogP contribution in [0.25, 0.3) is 0 Å². The number of carbonyl (C=O) groups is 1. The van der Waals surface area contributed by atoms with Gasteiger partial charge in [0.25, 0.3) is 5.91 Å². The maximum Gasteiger partial charge on any atom is 0.255 e. The maximum atomic E-state index is 13.1. The third kappa shape index (κ3) is 4.97. The van der Waals surface area contributed by atoms with Crippen LogP contribution < -0.4 is 10.1 Å². The van der Waals surface area contributed by atoms with Crippen molar-refractivity contribution in [2.24, 2.45) is 0 Å². The number of methoxy groups -OCH3 is 1. The minimum absolute atomic E-state index is 0.163. The number of amides is 1. The molecule has 1 aliphatic heterocycles. The molecule has 0 aromatic heterocycles. The van der Waals surface area contributed by atoms with E-state index in [4.69, 9.17) is 4.74 Å². The highest BCUT2D eigenvalue weighted by atomic mass is 32.2. The van der Waals surface area contributed by atoms with Crippen molar-refractivity contribution in [3.05, 3.63) is 53.1 Å². The Morgan fingerprint density at radius 2 is 1.59 bits per heavy atom. The third-order valence-corrected chi connectivity index (χ3v) is 7.00. The number of hydrogen-bond donors (Lipinski definition) is 1. The summed E-state index contributed by atoms with van der Waals surface area (Å²) in [4.78, 5) is 12.9. The number of hydrogen-bond acceptors (Lipinski definition) is 4. The average Bonchev–Trinajstić information content (AvgIpc) is 2.97. The molecule has 3 rings (SSSR count). The second-order valence-corrected chi connectivity index (χ2v) is 9.45. The first-order valence-corrected chi connectivity index (χ1v) is 11.3. The predicted octanol–water partition coefficient (Wildman–Crippen LogP) is 4.13. The maximum absolute atomic E-state index is 13.1. The van der Waals surface area contributed by atoms with Gasteiger partial charge in [0.1, 0.15) is 5.75 Å². The fourth-order valence-electron chi connectivity index (χ4n) is 3.68. The lowest BCUT2D eigenvalue weighted by atomic mass is 10.1. The molecular formula is C22H28N2O4S. The van der Waals surface area contributed by atoms with Gasteiger partial charge in [-0.1, -0.05) is 30.0 Å². The number of aryl methyl sites for hydroxylation is 2. The van der Waals surface area contributed by atoms with E-state index in [1.165, 1.54) is 23.5 Å². The van der Waals surface area contributed by atoms with E-state index in [9.17, 15) is 13.2 Å². The Kier molecular flexibility index (Phi) is 6.59. The molecule has 7 heteroatoms. The van der Waals surface area contributed by atoms with Crippen LogP contribution in [0.5, 0.6) is 5.75 Å². The van der Waals surface area contributed by atoms with Gasteiger partial charge in [-0.05, 0) is 57.0 Å². The minimum atomic E-state index is -3.62. The van der Waals surface area contributed by atoms with E-state index in [0.29, 0.717) is 30.1 Å². The number of carbonyl (C=O) groups excluding carboxylic acids is 1. The van der Waals surface area contributed by atoms with Crippen LogP contribution in [0.15, 0.2) is 41.3 Å². The topological polar surface area (TPSA) is 75.7 Å². The Bertz CT molecular complexity index is 974. The third-order valence-electron chi connectivity index (χ3n) is 5.11. The van der Waals surface area contributed by atoms with Gasteiger partial charge in [-0.2, -0.15) is 4.31 Å². The molecule has 1 aliphatic rings. The number of ether oxygens (including phenoxy) is 1. The second-order valence-electron chi connectivity index (χ2n) is 7.51. The van der Waals surface area contributed by atoms with Crippen molar-refractivity contribution >= 4 is 21.6 Å². The highest BCUT2D eigenvalue weighted by molar-refractivity contribution is 7.89. The van der Waals surface area contributed by atoms with Crippen LogP contribution in [0.2, 0.25) is 0 Å². The zero-order valence-corrected chi connectivity index (χ0v) is 18.0. The van der Waals surface area contributed by atoms with Crippen LogP contribution >= 0.6 is 0 Å². The van der Waals surface area contributed by atoms with Crippen molar-refractivity contribution in [2.45, 2.75) is 44.4 Å². The number of nitrogens with zero attached hydrogens (tertiary/aromatic N) is 1. The summed E-state index contributed by atoms with van der Waals surface area (Å²) in [7, 11) is -2.13. The molecular weight excluding hydrogens is 388 g/mol. The first kappa shape index (κ1) is 21.3. The molecule has 1 N–H and O–H groups in total. The van der Waals surface area contributed by atoms with Crippen molar-refractivity contribution in [1.82, 2.24) is 4.31 Å². The highest BCUT2D eigenvalue weighted by Crippen LogP contribution is 2.30. The first-order valence-electron chi connectivity index (χ1n) is 9.89. The van der Waals surface area contributed by atoms with E-state index < -0.39 is 10.0 Å². The molecule has 0 unspecified atom stereocenters. The van der Waals surface area contributed by atoms with Crippen molar-refractivity contribution in [3.8, 4) is 5.75 Å².